The second-order valence-electron chi connectivity index (χ2n) is 12.7. The molecule has 2 amide bonds. The smallest absolute Gasteiger partial charge is 0.342 e. The van der Waals surface area contributed by atoms with E-state index in [0.717, 1.165) is 5.56 Å². The summed E-state index contributed by atoms with van der Waals surface area (Å²) in [4.78, 5) is 52.7. The van der Waals surface area contributed by atoms with Crippen molar-refractivity contribution >= 4 is 35.3 Å². The van der Waals surface area contributed by atoms with Crippen LogP contribution in [0, 0.1) is 0 Å². The maximum Gasteiger partial charge on any atom is 0.342 e. The van der Waals surface area contributed by atoms with Crippen LogP contribution in [0.1, 0.15) is 96.8 Å². The van der Waals surface area contributed by atoms with Crippen LogP contribution in [-0.4, -0.2) is 52.7 Å². The molecule has 0 aromatic heterocycles. The minimum atomic E-state index is -0.973. The molecule has 49 heavy (non-hydrogen) atoms. The second-order valence-corrected chi connectivity index (χ2v) is 12.7. The van der Waals surface area contributed by atoms with Gasteiger partial charge in [-0.2, -0.15) is 0 Å². The molecule has 0 spiro atoms. The average molecular weight is 669 g/mol. The third-order valence-corrected chi connectivity index (χ3v) is 9.22. The predicted molar refractivity (Wildman–Crippen MR) is 181 cm³/mol. The van der Waals surface area contributed by atoms with Gasteiger partial charge in [0.05, 0.1) is 6.10 Å². The van der Waals surface area contributed by atoms with Gasteiger partial charge in [0.25, 0.3) is 0 Å². The first-order valence-corrected chi connectivity index (χ1v) is 16.7. The number of Topliss-reactive ketones (excluding diaryl/α,β-unsaturated/α-hetero) is 1. The first-order chi connectivity index (χ1) is 23.7. The molecule has 3 heterocycles. The Kier molecular flexibility index (Phi) is 10.2. The monoisotopic (exact) mass is 668 g/mol. The fraction of sp³-hybridized carbons (Fsp3) is 0.368. The summed E-state index contributed by atoms with van der Waals surface area (Å²) in [5, 5.41) is 29.1. The molecule has 0 bridgehead atoms. The Balaban J connectivity index is 1.35. The van der Waals surface area contributed by atoms with Crippen molar-refractivity contribution in [2.75, 3.05) is 12.1 Å². The van der Waals surface area contributed by atoms with E-state index in [-0.39, 0.29) is 47.3 Å². The van der Waals surface area contributed by atoms with E-state index >= 15 is 0 Å². The Bertz CT molecular complexity index is 1800. The lowest BCUT2D eigenvalue weighted by Crippen LogP contribution is -2.43. The Hall–Kier alpha value is -5.32. The number of rotatable bonds is 5. The largest absolute Gasteiger partial charge is 0.507 e. The van der Waals surface area contributed by atoms with Gasteiger partial charge in [0, 0.05) is 36.4 Å². The van der Waals surface area contributed by atoms with E-state index in [1.54, 1.807) is 37.3 Å². The second kappa shape index (κ2) is 14.8. The first kappa shape index (κ1) is 33.6. The number of aryl methyl sites for hydroxylation is 1. The molecule has 2 unspecified atom stereocenters. The quantitative estimate of drug-likeness (QED) is 0.243. The number of ether oxygens (including phenoxy) is 3. The van der Waals surface area contributed by atoms with E-state index in [1.807, 2.05) is 24.3 Å². The molecule has 0 aliphatic carbocycles. The number of ketones is 1. The summed E-state index contributed by atoms with van der Waals surface area (Å²) < 4.78 is 16.8. The van der Waals surface area contributed by atoms with Gasteiger partial charge in [-0.05, 0) is 86.4 Å². The summed E-state index contributed by atoms with van der Waals surface area (Å²) in [6, 6.07) is 13.1. The van der Waals surface area contributed by atoms with Crippen molar-refractivity contribution in [2.24, 2.45) is 0 Å². The summed E-state index contributed by atoms with van der Waals surface area (Å²) in [7, 11) is 0. The number of hydrogen-bond donors (Lipinski definition) is 4. The van der Waals surface area contributed by atoms with E-state index < -0.39 is 35.7 Å². The molecule has 3 aromatic carbocycles. The van der Waals surface area contributed by atoms with Crippen molar-refractivity contribution in [2.45, 2.75) is 82.8 Å². The standard InChI is InChI=1S/C38H40N2O9/c1-22-8-7-12-26(41)11-4-2-3-10-25-18-30(42)35(36(44)34(25)38(46)49-22)27(24-15-17-31-32(19-24)48-21-47-31)20-33(43)39-29-16-14-23-9-5-6-13-28(23)40-37(29)45/h3,5-6,9-10,13,15,17-19,22,27,29,42,44H,2,4,7-8,11-12,14,16,20-21H2,1H3,(H,39,43)(H,40,45)/b10-3+/t22-,27?,29?/m0/s1. The molecule has 0 saturated heterocycles. The minimum absolute atomic E-state index is 0.0169. The number of esters is 1. The van der Waals surface area contributed by atoms with E-state index in [1.165, 1.54) is 6.07 Å². The summed E-state index contributed by atoms with van der Waals surface area (Å²) in [5.74, 6) is -2.38. The van der Waals surface area contributed by atoms with Gasteiger partial charge in [-0.1, -0.05) is 36.4 Å². The van der Waals surface area contributed by atoms with Crippen LogP contribution in [0.2, 0.25) is 0 Å². The highest BCUT2D eigenvalue weighted by molar-refractivity contribution is 5.99. The zero-order valence-electron chi connectivity index (χ0n) is 27.3. The van der Waals surface area contributed by atoms with Crippen LogP contribution in [0.15, 0.2) is 54.6 Å². The molecule has 0 fully saturated rings. The number of allylic oxidation sites excluding steroid dienone is 1. The number of phenolic OH excluding ortho intramolecular Hbond substituents is 2. The van der Waals surface area contributed by atoms with Gasteiger partial charge >= 0.3 is 5.97 Å². The number of carbonyl (C=O) groups is 4. The minimum Gasteiger partial charge on any atom is -0.507 e. The van der Waals surface area contributed by atoms with Crippen molar-refractivity contribution < 1.29 is 43.6 Å². The first-order valence-electron chi connectivity index (χ1n) is 16.7. The summed E-state index contributed by atoms with van der Waals surface area (Å²) in [6.45, 7) is 1.74. The molecular formula is C38H40N2O9. The van der Waals surface area contributed by atoms with Gasteiger partial charge in [0.15, 0.2) is 11.5 Å². The van der Waals surface area contributed by atoms with Crippen molar-refractivity contribution in [1.29, 1.82) is 0 Å². The number of hydrogen-bond acceptors (Lipinski definition) is 9. The number of fused-ring (bicyclic) bond motifs is 3. The fourth-order valence-corrected chi connectivity index (χ4v) is 6.62. The van der Waals surface area contributed by atoms with Crippen LogP contribution < -0.4 is 20.1 Å². The predicted octanol–water partition coefficient (Wildman–Crippen LogP) is 5.90. The van der Waals surface area contributed by atoms with E-state index in [9.17, 15) is 29.4 Å². The number of para-hydroxylation sites is 1. The maximum absolute atomic E-state index is 13.8. The third-order valence-electron chi connectivity index (χ3n) is 9.22. The van der Waals surface area contributed by atoms with E-state index in [4.69, 9.17) is 14.2 Å². The molecule has 3 atom stereocenters. The normalized spacial score (nSPS) is 20.8. The number of anilines is 1. The van der Waals surface area contributed by atoms with Gasteiger partial charge in [-0.15, -0.1) is 0 Å². The van der Waals surface area contributed by atoms with Gasteiger partial charge in [0.1, 0.15) is 28.9 Å². The molecule has 11 nitrogen and oxygen atoms in total. The van der Waals surface area contributed by atoms with Crippen molar-refractivity contribution in [1.82, 2.24) is 5.32 Å². The molecule has 0 saturated carbocycles. The molecule has 256 valence electrons. The Morgan fingerprint density at radius 1 is 0.980 bits per heavy atom. The molecule has 4 N–H and O–H groups in total. The van der Waals surface area contributed by atoms with Gasteiger partial charge in [-0.3, -0.25) is 14.4 Å². The number of cyclic esters (lactones) is 1. The summed E-state index contributed by atoms with van der Waals surface area (Å²) in [5.41, 5.74) is 2.22. The number of nitrogens with one attached hydrogen (secondary N) is 2. The summed E-state index contributed by atoms with van der Waals surface area (Å²) >= 11 is 0. The van der Waals surface area contributed by atoms with Crippen LogP contribution in [-0.2, 0) is 25.5 Å². The van der Waals surface area contributed by atoms with Crippen LogP contribution in [0.5, 0.6) is 23.0 Å². The summed E-state index contributed by atoms with van der Waals surface area (Å²) in [6.07, 6.45) is 6.59. The molecule has 3 aliphatic rings. The molecule has 11 heteroatoms. The number of carbonyl (C=O) groups excluding carboxylic acids is 4. The van der Waals surface area contributed by atoms with E-state index in [0.29, 0.717) is 74.1 Å². The van der Waals surface area contributed by atoms with Crippen LogP contribution in [0.3, 0.4) is 0 Å². The highest BCUT2D eigenvalue weighted by atomic mass is 16.7. The Labute approximate surface area is 284 Å². The van der Waals surface area contributed by atoms with Crippen LogP contribution in [0.4, 0.5) is 5.69 Å². The fourth-order valence-electron chi connectivity index (χ4n) is 6.62. The van der Waals surface area contributed by atoms with Crippen LogP contribution in [0.25, 0.3) is 6.08 Å². The lowest BCUT2D eigenvalue weighted by molar-refractivity contribution is -0.126. The lowest BCUT2D eigenvalue weighted by Gasteiger charge is -2.24. The topological polar surface area (TPSA) is 160 Å². The molecule has 6 rings (SSSR count). The average Bonchev–Trinajstić information content (AvgIpc) is 3.48. The SMILES string of the molecule is C[C@H]1CCCC(=O)CCC/C=C/c2cc(O)c(C(CC(=O)NC3CCc4ccccc4NC3=O)c3ccc4c(c3)OCO4)c(O)c2C(=O)O1. The number of phenols is 2. The van der Waals surface area contributed by atoms with Gasteiger partial charge < -0.3 is 35.1 Å². The molecule has 3 aliphatic heterocycles. The van der Waals surface area contributed by atoms with Gasteiger partial charge in [-0.25, -0.2) is 4.79 Å². The highest BCUT2D eigenvalue weighted by Crippen LogP contribution is 2.46. The molecule has 0 radical (unpaired) electrons. The van der Waals surface area contributed by atoms with E-state index in [2.05, 4.69) is 10.6 Å². The zero-order chi connectivity index (χ0) is 34.5. The number of aromatic hydroxyl groups is 2. The van der Waals surface area contributed by atoms with Crippen molar-refractivity contribution in [3.8, 4) is 23.0 Å². The Morgan fingerprint density at radius 2 is 1.78 bits per heavy atom. The highest BCUT2D eigenvalue weighted by Gasteiger charge is 2.33. The zero-order valence-corrected chi connectivity index (χ0v) is 27.3. The number of amides is 2. The van der Waals surface area contributed by atoms with Crippen LogP contribution >= 0.6 is 0 Å². The van der Waals surface area contributed by atoms with Crippen molar-refractivity contribution in [3.05, 3.63) is 82.4 Å². The lowest BCUT2D eigenvalue weighted by atomic mass is 9.84. The van der Waals surface area contributed by atoms with Gasteiger partial charge in [0.2, 0.25) is 18.6 Å². The third kappa shape index (κ3) is 7.72. The molecular weight excluding hydrogens is 628 g/mol. The maximum atomic E-state index is 13.8. The number of benzene rings is 3. The molecule has 3 aromatic rings. The van der Waals surface area contributed by atoms with Crippen molar-refractivity contribution in [3.63, 3.8) is 0 Å². The Morgan fingerprint density at radius 3 is 2.63 bits per heavy atom.